The number of halogens is 1. The van der Waals surface area contributed by atoms with Gasteiger partial charge in [0.15, 0.2) is 0 Å². The van der Waals surface area contributed by atoms with Gasteiger partial charge in [-0.3, -0.25) is 14.5 Å². The Morgan fingerprint density at radius 2 is 2.00 bits per heavy atom. The predicted octanol–water partition coefficient (Wildman–Crippen LogP) is 2.33. The van der Waals surface area contributed by atoms with Crippen LogP contribution in [0.25, 0.3) is 0 Å². The molecular formula is C19H24ClN3O2. The molecule has 0 radical (unpaired) electrons. The Morgan fingerprint density at radius 1 is 1.28 bits per heavy atom. The average Bonchev–Trinajstić information content (AvgIpc) is 2.99. The first kappa shape index (κ1) is 18.0. The summed E-state index contributed by atoms with van der Waals surface area (Å²) in [5.74, 6) is -0.714. The van der Waals surface area contributed by atoms with Crippen LogP contribution >= 0.6 is 11.6 Å². The van der Waals surface area contributed by atoms with Gasteiger partial charge in [0.25, 0.3) is 0 Å². The van der Waals surface area contributed by atoms with Crippen molar-refractivity contribution in [3.63, 3.8) is 0 Å². The molecule has 0 bridgehead atoms. The third-order valence-corrected chi connectivity index (χ3v) is 5.45. The molecule has 25 heavy (non-hydrogen) atoms. The van der Waals surface area contributed by atoms with Gasteiger partial charge in [-0.1, -0.05) is 23.7 Å². The quantitative estimate of drug-likeness (QED) is 0.610. The normalized spacial score (nSPS) is 21.7. The molecule has 134 valence electrons. The lowest BCUT2D eigenvalue weighted by Gasteiger charge is -2.35. The number of carbonyl (C=O) groups excluding carboxylic acids is 2. The van der Waals surface area contributed by atoms with Crippen molar-refractivity contribution in [3.8, 4) is 0 Å². The predicted molar refractivity (Wildman–Crippen MR) is 99.9 cm³/mol. The first-order chi connectivity index (χ1) is 12.0. The van der Waals surface area contributed by atoms with Crippen LogP contribution in [0.4, 0.5) is 5.69 Å². The minimum Gasteiger partial charge on any atom is -0.339 e. The Kier molecular flexibility index (Phi) is 5.45. The molecule has 2 aliphatic rings. The SMILES string of the molecule is C=CCN1CCN(C(=O)[C@H]2CCN(c3ccc(C)c(Cl)c3)C2=O)CC1. The zero-order chi connectivity index (χ0) is 18.0. The van der Waals surface area contributed by atoms with Gasteiger partial charge in [0.2, 0.25) is 11.8 Å². The zero-order valence-electron chi connectivity index (χ0n) is 14.6. The van der Waals surface area contributed by atoms with E-state index in [-0.39, 0.29) is 11.8 Å². The maximum Gasteiger partial charge on any atom is 0.239 e. The molecule has 3 rings (SSSR count). The summed E-state index contributed by atoms with van der Waals surface area (Å²) >= 11 is 6.18. The van der Waals surface area contributed by atoms with Gasteiger partial charge in [0, 0.05) is 50.0 Å². The fourth-order valence-corrected chi connectivity index (χ4v) is 3.64. The fraction of sp³-hybridized carbons (Fsp3) is 0.474. The highest BCUT2D eigenvalue weighted by molar-refractivity contribution is 6.31. The van der Waals surface area contributed by atoms with Crippen molar-refractivity contribution >= 4 is 29.1 Å². The van der Waals surface area contributed by atoms with Crippen molar-refractivity contribution in [3.05, 3.63) is 41.4 Å². The molecule has 2 amide bonds. The summed E-state index contributed by atoms with van der Waals surface area (Å²) in [6.07, 6.45) is 2.44. The second-order valence-electron chi connectivity index (χ2n) is 6.68. The Hall–Kier alpha value is -1.85. The Balaban J connectivity index is 1.64. The molecule has 0 aromatic heterocycles. The molecule has 0 aliphatic carbocycles. The zero-order valence-corrected chi connectivity index (χ0v) is 15.3. The third kappa shape index (κ3) is 3.72. The second-order valence-corrected chi connectivity index (χ2v) is 7.09. The summed E-state index contributed by atoms with van der Waals surface area (Å²) in [6.45, 7) is 10.1. The Morgan fingerprint density at radius 3 is 2.64 bits per heavy atom. The van der Waals surface area contributed by atoms with Crippen LogP contribution < -0.4 is 4.90 Å². The van der Waals surface area contributed by atoms with Crippen molar-refractivity contribution in [1.29, 1.82) is 0 Å². The maximum atomic E-state index is 12.8. The van der Waals surface area contributed by atoms with Crippen LogP contribution in [0.2, 0.25) is 5.02 Å². The van der Waals surface area contributed by atoms with Gasteiger partial charge in [0.1, 0.15) is 5.92 Å². The molecule has 2 fully saturated rings. The van der Waals surface area contributed by atoms with Crippen LogP contribution in [-0.2, 0) is 9.59 Å². The molecule has 1 aromatic rings. The van der Waals surface area contributed by atoms with E-state index in [1.807, 2.05) is 30.0 Å². The number of hydrogen-bond donors (Lipinski definition) is 0. The summed E-state index contributed by atoms with van der Waals surface area (Å²) in [6, 6.07) is 5.59. The standard InChI is InChI=1S/C19H24ClN3O2/c1-3-7-21-9-11-22(12-10-21)18(24)16-6-8-23(19(16)25)15-5-4-14(2)17(20)13-15/h3-5,13,16H,1,6-12H2,2H3/t16-/m1/s1. The van der Waals surface area contributed by atoms with E-state index >= 15 is 0 Å². The van der Waals surface area contributed by atoms with Crippen molar-refractivity contribution < 1.29 is 9.59 Å². The molecular weight excluding hydrogens is 338 g/mol. The molecule has 0 spiro atoms. The number of amides is 2. The van der Waals surface area contributed by atoms with Crippen LogP contribution in [0.3, 0.4) is 0 Å². The number of benzene rings is 1. The van der Waals surface area contributed by atoms with E-state index in [0.717, 1.165) is 30.9 Å². The number of hydrogen-bond acceptors (Lipinski definition) is 3. The van der Waals surface area contributed by atoms with Gasteiger partial charge in [-0.25, -0.2) is 0 Å². The van der Waals surface area contributed by atoms with Crippen molar-refractivity contribution in [2.24, 2.45) is 5.92 Å². The topological polar surface area (TPSA) is 43.9 Å². The number of carbonyl (C=O) groups is 2. The van der Waals surface area contributed by atoms with E-state index < -0.39 is 5.92 Å². The van der Waals surface area contributed by atoms with Gasteiger partial charge in [-0.2, -0.15) is 0 Å². The summed E-state index contributed by atoms with van der Waals surface area (Å²) in [4.78, 5) is 31.3. The fourth-order valence-electron chi connectivity index (χ4n) is 3.47. The summed E-state index contributed by atoms with van der Waals surface area (Å²) < 4.78 is 0. The van der Waals surface area contributed by atoms with E-state index in [1.54, 1.807) is 11.0 Å². The Bertz CT molecular complexity index is 683. The van der Waals surface area contributed by atoms with E-state index in [2.05, 4.69) is 11.5 Å². The lowest BCUT2D eigenvalue weighted by molar-refractivity contribution is -0.141. The first-order valence-corrected chi connectivity index (χ1v) is 9.08. The molecule has 2 saturated heterocycles. The first-order valence-electron chi connectivity index (χ1n) is 8.71. The highest BCUT2D eigenvalue weighted by Crippen LogP contribution is 2.29. The number of piperazine rings is 1. The molecule has 1 atom stereocenters. The lowest BCUT2D eigenvalue weighted by atomic mass is 10.1. The minimum absolute atomic E-state index is 0.0380. The molecule has 1 aromatic carbocycles. The number of aryl methyl sites for hydroxylation is 1. The van der Waals surface area contributed by atoms with Crippen LogP contribution in [0.5, 0.6) is 0 Å². The molecule has 0 saturated carbocycles. The second kappa shape index (κ2) is 7.58. The number of anilines is 1. The molecule has 0 unspecified atom stereocenters. The van der Waals surface area contributed by atoms with E-state index in [4.69, 9.17) is 11.6 Å². The lowest BCUT2D eigenvalue weighted by Crippen LogP contribution is -2.51. The van der Waals surface area contributed by atoms with Crippen molar-refractivity contribution in [1.82, 2.24) is 9.80 Å². The van der Waals surface area contributed by atoms with Gasteiger partial charge in [0.05, 0.1) is 0 Å². The number of nitrogens with zero attached hydrogens (tertiary/aromatic N) is 3. The largest absolute Gasteiger partial charge is 0.339 e. The van der Waals surface area contributed by atoms with Crippen LogP contribution in [0, 0.1) is 12.8 Å². The summed E-state index contributed by atoms with van der Waals surface area (Å²) in [5.41, 5.74) is 1.74. The summed E-state index contributed by atoms with van der Waals surface area (Å²) in [5, 5.41) is 0.637. The van der Waals surface area contributed by atoms with Crippen LogP contribution in [0.15, 0.2) is 30.9 Å². The molecule has 2 aliphatic heterocycles. The highest BCUT2D eigenvalue weighted by atomic mass is 35.5. The van der Waals surface area contributed by atoms with Crippen LogP contribution in [-0.4, -0.2) is 60.9 Å². The summed E-state index contributed by atoms with van der Waals surface area (Å²) in [7, 11) is 0. The van der Waals surface area contributed by atoms with Crippen LogP contribution in [0.1, 0.15) is 12.0 Å². The van der Waals surface area contributed by atoms with Gasteiger partial charge in [-0.15, -0.1) is 6.58 Å². The number of rotatable bonds is 4. The minimum atomic E-state index is -0.564. The Labute approximate surface area is 153 Å². The average molecular weight is 362 g/mol. The van der Waals surface area contributed by atoms with E-state index in [1.165, 1.54) is 0 Å². The molecule has 0 N–H and O–H groups in total. The van der Waals surface area contributed by atoms with Crippen molar-refractivity contribution in [2.45, 2.75) is 13.3 Å². The monoisotopic (exact) mass is 361 g/mol. The molecule has 2 heterocycles. The molecule has 5 nitrogen and oxygen atoms in total. The third-order valence-electron chi connectivity index (χ3n) is 5.04. The van der Waals surface area contributed by atoms with E-state index in [9.17, 15) is 9.59 Å². The maximum absolute atomic E-state index is 12.8. The van der Waals surface area contributed by atoms with Gasteiger partial charge < -0.3 is 9.80 Å². The molecule has 6 heteroatoms. The van der Waals surface area contributed by atoms with Crippen molar-refractivity contribution in [2.75, 3.05) is 44.2 Å². The van der Waals surface area contributed by atoms with Gasteiger partial charge >= 0.3 is 0 Å². The smallest absolute Gasteiger partial charge is 0.239 e. The van der Waals surface area contributed by atoms with E-state index in [0.29, 0.717) is 31.1 Å². The highest BCUT2D eigenvalue weighted by Gasteiger charge is 2.40. The van der Waals surface area contributed by atoms with Gasteiger partial charge in [-0.05, 0) is 31.0 Å².